The number of benzene rings is 1. The number of hydrogen-bond acceptors (Lipinski definition) is 6. The Morgan fingerprint density at radius 2 is 2.12 bits per heavy atom. The highest BCUT2D eigenvalue weighted by molar-refractivity contribution is 7.22. The van der Waals surface area contributed by atoms with E-state index in [1.165, 1.54) is 11.3 Å². The quantitative estimate of drug-likeness (QED) is 0.512. The van der Waals surface area contributed by atoms with Crippen molar-refractivity contribution in [2.24, 2.45) is 0 Å². The molecule has 4 rings (SSSR count). The van der Waals surface area contributed by atoms with Gasteiger partial charge in [0.15, 0.2) is 5.13 Å². The van der Waals surface area contributed by atoms with Crippen molar-refractivity contribution < 1.29 is 4.79 Å². The summed E-state index contributed by atoms with van der Waals surface area (Å²) in [6.07, 6.45) is 0.233. The van der Waals surface area contributed by atoms with Crippen molar-refractivity contribution in [1.29, 1.82) is 0 Å². The molecule has 0 aliphatic heterocycles. The molecule has 0 unspecified atom stereocenters. The zero-order chi connectivity index (χ0) is 16.5. The molecule has 0 fully saturated rings. The van der Waals surface area contributed by atoms with Gasteiger partial charge in [-0.2, -0.15) is 11.3 Å². The lowest BCUT2D eigenvalue weighted by atomic mass is 10.3. The van der Waals surface area contributed by atoms with Gasteiger partial charge in [0.05, 0.1) is 22.3 Å². The van der Waals surface area contributed by atoms with Gasteiger partial charge in [-0.3, -0.25) is 4.79 Å². The topological polar surface area (TPSA) is 54.9 Å². The SMILES string of the molecule is O=C(Cc1csc(-c2ccsc2)n1)Nc1nc2ccc(Cl)cc2s1. The molecular weight excluding hydrogens is 382 g/mol. The van der Waals surface area contributed by atoms with Crippen LogP contribution >= 0.6 is 45.6 Å². The van der Waals surface area contributed by atoms with Crippen LogP contribution in [0.15, 0.2) is 40.4 Å². The van der Waals surface area contributed by atoms with E-state index in [4.69, 9.17) is 11.6 Å². The van der Waals surface area contributed by atoms with Crippen molar-refractivity contribution in [3.8, 4) is 10.6 Å². The molecule has 0 radical (unpaired) electrons. The largest absolute Gasteiger partial charge is 0.302 e. The van der Waals surface area contributed by atoms with Gasteiger partial charge in [0.2, 0.25) is 5.91 Å². The minimum atomic E-state index is -0.123. The fourth-order valence-corrected chi connectivity index (χ4v) is 4.88. The van der Waals surface area contributed by atoms with E-state index < -0.39 is 0 Å². The predicted octanol–water partition coefficient (Wildman–Crippen LogP) is 5.32. The molecule has 4 nitrogen and oxygen atoms in total. The second-order valence-electron chi connectivity index (χ2n) is 5.01. The number of fused-ring (bicyclic) bond motifs is 1. The summed E-state index contributed by atoms with van der Waals surface area (Å²) in [5.41, 5.74) is 2.69. The molecule has 4 aromatic rings. The number of nitrogens with one attached hydrogen (secondary N) is 1. The summed E-state index contributed by atoms with van der Waals surface area (Å²) in [6, 6.07) is 7.51. The molecule has 3 aromatic heterocycles. The van der Waals surface area contributed by atoms with Crippen LogP contribution in [0.2, 0.25) is 5.02 Å². The Morgan fingerprint density at radius 1 is 1.21 bits per heavy atom. The first kappa shape index (κ1) is 15.7. The third-order valence-corrected chi connectivity index (χ3v) is 6.05. The van der Waals surface area contributed by atoms with Gasteiger partial charge in [-0.05, 0) is 29.6 Å². The first-order valence-corrected chi connectivity index (χ1v) is 10.0. The number of rotatable bonds is 4. The van der Waals surface area contributed by atoms with Gasteiger partial charge in [-0.1, -0.05) is 22.9 Å². The Balaban J connectivity index is 1.46. The van der Waals surface area contributed by atoms with Gasteiger partial charge in [0.25, 0.3) is 0 Å². The number of thiophene rings is 1. The summed E-state index contributed by atoms with van der Waals surface area (Å²) in [7, 11) is 0. The van der Waals surface area contributed by atoms with Gasteiger partial charge in [-0.25, -0.2) is 9.97 Å². The second kappa shape index (κ2) is 6.60. The number of anilines is 1. The van der Waals surface area contributed by atoms with Crippen LogP contribution in [0, 0.1) is 0 Å². The summed E-state index contributed by atoms with van der Waals surface area (Å²) in [4.78, 5) is 21.1. The van der Waals surface area contributed by atoms with E-state index >= 15 is 0 Å². The average Bonchev–Trinajstić information content (AvgIpc) is 3.25. The number of amides is 1. The number of carbonyl (C=O) groups is 1. The molecule has 0 bridgehead atoms. The Hall–Kier alpha value is -1.80. The van der Waals surface area contributed by atoms with E-state index in [9.17, 15) is 4.79 Å². The Kier molecular flexibility index (Phi) is 4.32. The lowest BCUT2D eigenvalue weighted by Crippen LogP contribution is -2.14. The molecule has 0 spiro atoms. The summed E-state index contributed by atoms with van der Waals surface area (Å²) in [5.74, 6) is -0.123. The molecule has 3 heterocycles. The molecule has 0 atom stereocenters. The van der Waals surface area contributed by atoms with Gasteiger partial charge in [-0.15, -0.1) is 11.3 Å². The zero-order valence-electron chi connectivity index (χ0n) is 12.2. The van der Waals surface area contributed by atoms with Crippen molar-refractivity contribution in [2.75, 3.05) is 5.32 Å². The highest BCUT2D eigenvalue weighted by Gasteiger charge is 2.12. The van der Waals surface area contributed by atoms with E-state index in [2.05, 4.69) is 20.7 Å². The highest BCUT2D eigenvalue weighted by Crippen LogP contribution is 2.29. The molecule has 0 aliphatic rings. The first-order valence-electron chi connectivity index (χ1n) is 7.00. The lowest BCUT2D eigenvalue weighted by Gasteiger charge is -1.98. The fraction of sp³-hybridized carbons (Fsp3) is 0.0625. The molecule has 24 heavy (non-hydrogen) atoms. The normalized spacial score (nSPS) is 11.0. The maximum atomic E-state index is 12.2. The van der Waals surface area contributed by atoms with Gasteiger partial charge >= 0.3 is 0 Å². The number of hydrogen-bond donors (Lipinski definition) is 1. The van der Waals surface area contributed by atoms with Crippen LogP contribution in [0.3, 0.4) is 0 Å². The van der Waals surface area contributed by atoms with E-state index in [1.807, 2.05) is 29.0 Å². The van der Waals surface area contributed by atoms with Crippen LogP contribution in [-0.2, 0) is 11.2 Å². The van der Waals surface area contributed by atoms with E-state index in [1.54, 1.807) is 28.7 Å². The third-order valence-electron chi connectivity index (χ3n) is 3.26. The van der Waals surface area contributed by atoms with E-state index in [0.29, 0.717) is 10.2 Å². The van der Waals surface area contributed by atoms with E-state index in [-0.39, 0.29) is 12.3 Å². The second-order valence-corrected chi connectivity index (χ2v) is 8.12. The summed E-state index contributed by atoms with van der Waals surface area (Å²) in [6.45, 7) is 0. The number of aromatic nitrogens is 2. The number of halogens is 1. The standard InChI is InChI=1S/C16H10ClN3OS3/c17-10-1-2-12-13(5-10)24-16(19-12)20-14(21)6-11-8-23-15(18-11)9-3-4-22-7-9/h1-5,7-8H,6H2,(H,19,20,21). The van der Waals surface area contributed by atoms with Crippen LogP contribution in [0.1, 0.15) is 5.69 Å². The van der Waals surface area contributed by atoms with Gasteiger partial charge in [0.1, 0.15) is 5.01 Å². The van der Waals surface area contributed by atoms with E-state index in [0.717, 1.165) is 26.5 Å². The number of carbonyl (C=O) groups excluding carboxylic acids is 1. The molecule has 0 aliphatic carbocycles. The Morgan fingerprint density at radius 3 is 2.96 bits per heavy atom. The van der Waals surface area contributed by atoms with Crippen LogP contribution < -0.4 is 5.32 Å². The van der Waals surface area contributed by atoms with Crippen molar-refractivity contribution in [2.45, 2.75) is 6.42 Å². The molecule has 1 N–H and O–H groups in total. The molecule has 0 saturated heterocycles. The minimum Gasteiger partial charge on any atom is -0.302 e. The maximum Gasteiger partial charge on any atom is 0.232 e. The summed E-state index contributed by atoms with van der Waals surface area (Å²) >= 11 is 10.6. The van der Waals surface area contributed by atoms with Gasteiger partial charge < -0.3 is 5.32 Å². The first-order chi connectivity index (χ1) is 11.7. The highest BCUT2D eigenvalue weighted by atomic mass is 35.5. The third kappa shape index (κ3) is 3.34. The maximum absolute atomic E-state index is 12.2. The molecule has 1 amide bonds. The van der Waals surface area contributed by atoms with Crippen LogP contribution in [0.25, 0.3) is 20.8 Å². The lowest BCUT2D eigenvalue weighted by molar-refractivity contribution is -0.115. The Bertz CT molecular complexity index is 1010. The van der Waals surface area contributed by atoms with Crippen molar-refractivity contribution in [3.63, 3.8) is 0 Å². The predicted molar refractivity (Wildman–Crippen MR) is 102 cm³/mol. The summed E-state index contributed by atoms with van der Waals surface area (Å²) < 4.78 is 0.950. The average molecular weight is 392 g/mol. The minimum absolute atomic E-state index is 0.123. The molecule has 120 valence electrons. The molecular formula is C16H10ClN3OS3. The van der Waals surface area contributed by atoms with Crippen molar-refractivity contribution in [1.82, 2.24) is 9.97 Å². The fourth-order valence-electron chi connectivity index (χ4n) is 2.19. The molecule has 8 heteroatoms. The summed E-state index contributed by atoms with van der Waals surface area (Å²) in [5, 5.41) is 11.0. The number of thiazole rings is 2. The number of nitrogens with zero attached hydrogens (tertiary/aromatic N) is 2. The van der Waals surface area contributed by atoms with Crippen molar-refractivity contribution >= 4 is 66.9 Å². The van der Waals surface area contributed by atoms with Crippen LogP contribution in [-0.4, -0.2) is 15.9 Å². The monoisotopic (exact) mass is 391 g/mol. The van der Waals surface area contributed by atoms with Crippen LogP contribution in [0.5, 0.6) is 0 Å². The molecule has 1 aromatic carbocycles. The molecule has 0 saturated carbocycles. The van der Waals surface area contributed by atoms with Gasteiger partial charge in [0, 0.05) is 21.3 Å². The smallest absolute Gasteiger partial charge is 0.232 e. The van der Waals surface area contributed by atoms with Crippen LogP contribution in [0.4, 0.5) is 5.13 Å². The van der Waals surface area contributed by atoms with Crippen molar-refractivity contribution in [3.05, 3.63) is 51.1 Å². The zero-order valence-corrected chi connectivity index (χ0v) is 15.4. The Labute approximate surface area is 154 Å².